The van der Waals surface area contributed by atoms with Gasteiger partial charge >= 0.3 is 0 Å². The first-order chi connectivity index (χ1) is 28.2. The van der Waals surface area contributed by atoms with Crippen molar-refractivity contribution < 1.29 is 5.11 Å². The van der Waals surface area contributed by atoms with Crippen LogP contribution in [0.4, 0.5) is 5.69 Å². The van der Waals surface area contributed by atoms with Crippen LogP contribution in [0, 0.1) is 0 Å². The highest BCUT2D eigenvalue weighted by atomic mass is 16.3. The Balaban J connectivity index is 0.00000120. The molecule has 9 rings (SSSR count). The van der Waals surface area contributed by atoms with Crippen LogP contribution in [0.15, 0.2) is 194 Å². The van der Waals surface area contributed by atoms with Gasteiger partial charge < -0.3 is 14.6 Å². The SMILES string of the molecule is C=C/C=C(\C=C/N(C1=CCC(c2ccccc2)C=C1)c1cc2ccccc2c2ccccc12)c1ccc2c(c1)c1c(n2-c2ccccc2)CCC(O)=C1.CC.CC. The molecule has 0 saturated heterocycles. The first-order valence-corrected chi connectivity index (χ1v) is 20.4. The van der Waals surface area contributed by atoms with Crippen LogP contribution in [0.3, 0.4) is 0 Å². The Hall–Kier alpha value is -6.58. The molecule has 0 saturated carbocycles. The van der Waals surface area contributed by atoms with Crippen LogP contribution in [0.25, 0.3) is 49.8 Å². The molecular weight excluding hydrogens is 693 g/mol. The molecule has 284 valence electrons. The largest absolute Gasteiger partial charge is 0.512 e. The van der Waals surface area contributed by atoms with Gasteiger partial charge in [-0.2, -0.15) is 0 Å². The minimum Gasteiger partial charge on any atom is -0.512 e. The van der Waals surface area contributed by atoms with Crippen LogP contribution in [0.1, 0.15) is 68.8 Å². The number of aliphatic hydroxyl groups is 1. The Labute approximate surface area is 338 Å². The molecular formula is C54H52N2O. The second-order valence-corrected chi connectivity index (χ2v) is 13.8. The van der Waals surface area contributed by atoms with Crippen LogP contribution in [0.2, 0.25) is 0 Å². The van der Waals surface area contributed by atoms with Gasteiger partial charge in [-0.3, -0.25) is 0 Å². The topological polar surface area (TPSA) is 28.4 Å². The van der Waals surface area contributed by atoms with E-state index in [9.17, 15) is 5.11 Å². The van der Waals surface area contributed by atoms with Gasteiger partial charge in [0.25, 0.3) is 0 Å². The average molecular weight is 745 g/mol. The number of benzene rings is 6. The Kier molecular flexibility index (Phi) is 12.2. The van der Waals surface area contributed by atoms with Crippen LogP contribution in [0.5, 0.6) is 0 Å². The summed E-state index contributed by atoms with van der Waals surface area (Å²) < 4.78 is 2.35. The van der Waals surface area contributed by atoms with E-state index in [1.54, 1.807) is 0 Å². The minimum atomic E-state index is 0.338. The van der Waals surface area contributed by atoms with Gasteiger partial charge in [0, 0.05) is 52.0 Å². The second-order valence-electron chi connectivity index (χ2n) is 13.8. The molecule has 57 heavy (non-hydrogen) atoms. The second kappa shape index (κ2) is 17.9. The molecule has 0 amide bonds. The quantitative estimate of drug-likeness (QED) is 0.124. The molecule has 1 unspecified atom stereocenters. The van der Waals surface area contributed by atoms with E-state index in [2.05, 4.69) is 186 Å². The molecule has 1 N–H and O–H groups in total. The van der Waals surface area contributed by atoms with E-state index in [0.29, 0.717) is 18.1 Å². The van der Waals surface area contributed by atoms with Crippen molar-refractivity contribution >= 4 is 49.8 Å². The fourth-order valence-electron chi connectivity index (χ4n) is 8.12. The number of hydrogen-bond donors (Lipinski definition) is 1. The van der Waals surface area contributed by atoms with E-state index in [1.165, 1.54) is 32.8 Å². The normalized spacial score (nSPS) is 14.9. The molecule has 2 aliphatic rings. The van der Waals surface area contributed by atoms with E-state index in [-0.39, 0.29) is 0 Å². The zero-order valence-corrected chi connectivity index (χ0v) is 33.6. The van der Waals surface area contributed by atoms with E-state index < -0.39 is 0 Å². The van der Waals surface area contributed by atoms with Crippen LogP contribution >= 0.6 is 0 Å². The molecule has 0 radical (unpaired) electrons. The number of allylic oxidation sites excluding steroid dienone is 8. The fourth-order valence-corrected chi connectivity index (χ4v) is 8.12. The number of anilines is 1. The number of fused-ring (bicyclic) bond motifs is 6. The van der Waals surface area contributed by atoms with Gasteiger partial charge in [0.15, 0.2) is 0 Å². The predicted octanol–water partition coefficient (Wildman–Crippen LogP) is 15.1. The Morgan fingerprint density at radius 2 is 1.42 bits per heavy atom. The molecule has 0 bridgehead atoms. The van der Waals surface area contributed by atoms with Gasteiger partial charge in [-0.15, -0.1) is 0 Å². The van der Waals surface area contributed by atoms with Crippen molar-refractivity contribution in [1.29, 1.82) is 0 Å². The molecule has 1 atom stereocenters. The van der Waals surface area contributed by atoms with Gasteiger partial charge in [-0.05, 0) is 94.3 Å². The highest BCUT2D eigenvalue weighted by Crippen LogP contribution is 2.40. The number of hydrogen-bond acceptors (Lipinski definition) is 2. The highest BCUT2D eigenvalue weighted by molar-refractivity contribution is 6.13. The Morgan fingerprint density at radius 1 is 0.737 bits per heavy atom. The van der Waals surface area contributed by atoms with Crippen molar-refractivity contribution in [2.45, 2.75) is 52.9 Å². The molecule has 7 aromatic rings. The van der Waals surface area contributed by atoms with Crippen LogP contribution < -0.4 is 4.90 Å². The standard InChI is InChI=1S/C50H40N2O.2C2H6/c1-2-13-35(38-24-28-48-46(32-38)47-34-42(53)27-29-49(47)52(48)41-17-7-4-8-18-41)30-31-51(40-25-22-37(23-26-40)36-14-5-3-6-15-36)50-33-39-16-9-10-19-43(39)44-20-11-12-21-45(44)50;2*1-2/h2-22,24-26,28,30-34,37,53H,1,23,27,29H2;2*1-2H3/b31-30-,35-13+;;. The molecule has 2 aliphatic carbocycles. The fraction of sp³-hybridized carbons (Fsp3) is 0.148. The third-order valence-corrected chi connectivity index (χ3v) is 10.7. The third kappa shape index (κ3) is 7.79. The van der Waals surface area contributed by atoms with Crippen molar-refractivity contribution in [2.24, 2.45) is 0 Å². The van der Waals surface area contributed by atoms with Gasteiger partial charge in [0.05, 0.1) is 17.0 Å². The smallest absolute Gasteiger partial charge is 0.0933 e. The molecule has 0 spiro atoms. The Morgan fingerprint density at radius 3 is 2.14 bits per heavy atom. The van der Waals surface area contributed by atoms with Crippen LogP contribution in [-0.4, -0.2) is 9.67 Å². The molecule has 6 aromatic carbocycles. The highest BCUT2D eigenvalue weighted by Gasteiger charge is 2.22. The number of rotatable bonds is 8. The van der Waals surface area contributed by atoms with E-state index in [0.717, 1.165) is 57.5 Å². The van der Waals surface area contributed by atoms with Gasteiger partial charge in [-0.1, -0.05) is 162 Å². The first kappa shape index (κ1) is 38.7. The number of nitrogens with zero attached hydrogens (tertiary/aromatic N) is 2. The summed E-state index contributed by atoms with van der Waals surface area (Å²) in [4.78, 5) is 2.34. The van der Waals surface area contributed by atoms with Crippen molar-refractivity contribution in [3.8, 4) is 5.69 Å². The lowest BCUT2D eigenvalue weighted by atomic mass is 9.91. The summed E-state index contributed by atoms with van der Waals surface area (Å²) >= 11 is 0. The number of aliphatic hydroxyl groups excluding tert-OH is 1. The first-order valence-electron chi connectivity index (χ1n) is 20.4. The lowest BCUT2D eigenvalue weighted by molar-refractivity contribution is 0.390. The summed E-state index contributed by atoms with van der Waals surface area (Å²) in [5, 5.41) is 16.7. The third-order valence-electron chi connectivity index (χ3n) is 10.7. The maximum atomic E-state index is 10.7. The van der Waals surface area contributed by atoms with E-state index in [1.807, 2.05) is 39.8 Å². The molecule has 0 aliphatic heterocycles. The lowest BCUT2D eigenvalue weighted by Crippen LogP contribution is -2.17. The van der Waals surface area contributed by atoms with Crippen molar-refractivity contribution in [1.82, 2.24) is 4.57 Å². The van der Waals surface area contributed by atoms with Gasteiger partial charge in [-0.25, -0.2) is 0 Å². The zero-order valence-electron chi connectivity index (χ0n) is 33.6. The van der Waals surface area contributed by atoms with Gasteiger partial charge in [0.2, 0.25) is 0 Å². The summed E-state index contributed by atoms with van der Waals surface area (Å²) in [6.07, 6.45) is 19.6. The number of para-hydroxylation sites is 1. The Bertz CT molecular complexity index is 2670. The molecule has 0 fully saturated rings. The maximum Gasteiger partial charge on any atom is 0.0933 e. The average Bonchev–Trinajstić information content (AvgIpc) is 3.61. The van der Waals surface area contributed by atoms with E-state index in [4.69, 9.17) is 0 Å². The summed E-state index contributed by atoms with van der Waals surface area (Å²) in [5.74, 6) is 0.767. The number of aromatic nitrogens is 1. The summed E-state index contributed by atoms with van der Waals surface area (Å²) in [7, 11) is 0. The van der Waals surface area contributed by atoms with Crippen molar-refractivity contribution in [3.05, 3.63) is 217 Å². The monoisotopic (exact) mass is 744 g/mol. The molecule has 1 aromatic heterocycles. The van der Waals surface area contributed by atoms with Gasteiger partial charge in [0.1, 0.15) is 0 Å². The predicted molar refractivity (Wildman–Crippen MR) is 247 cm³/mol. The summed E-state index contributed by atoms with van der Waals surface area (Å²) in [5.41, 5.74) is 10.3. The zero-order chi connectivity index (χ0) is 39.7. The summed E-state index contributed by atoms with van der Waals surface area (Å²) in [6.45, 7) is 12.1. The molecule has 3 nitrogen and oxygen atoms in total. The molecule has 3 heteroatoms. The maximum absolute atomic E-state index is 10.7. The summed E-state index contributed by atoms with van der Waals surface area (Å²) in [6, 6.07) is 47.6. The van der Waals surface area contributed by atoms with Crippen molar-refractivity contribution in [3.63, 3.8) is 0 Å². The minimum absolute atomic E-state index is 0.338. The lowest BCUT2D eigenvalue weighted by Gasteiger charge is -2.28. The van der Waals surface area contributed by atoms with Crippen LogP contribution in [-0.2, 0) is 6.42 Å². The molecule has 1 heterocycles. The van der Waals surface area contributed by atoms with Crippen molar-refractivity contribution in [2.75, 3.05) is 4.90 Å². The van der Waals surface area contributed by atoms with E-state index >= 15 is 0 Å².